The summed E-state index contributed by atoms with van der Waals surface area (Å²) >= 11 is 0. The predicted octanol–water partition coefficient (Wildman–Crippen LogP) is 3.53. The lowest BCUT2D eigenvalue weighted by atomic mass is 10.1. The largest absolute Gasteiger partial charge is 0.495 e. The number of hydrogen-bond acceptors (Lipinski definition) is 9. The average molecular weight is 617 g/mol. The van der Waals surface area contributed by atoms with Crippen LogP contribution in [0.1, 0.15) is 0 Å². The second-order valence-electron chi connectivity index (χ2n) is 9.10. The van der Waals surface area contributed by atoms with E-state index in [0.717, 1.165) is 22.2 Å². The van der Waals surface area contributed by atoms with E-state index in [0.29, 0.717) is 40.3 Å². The molecular weight excluding hydrogens is 584 g/mol. The third-order valence-corrected chi connectivity index (χ3v) is 7.17. The van der Waals surface area contributed by atoms with E-state index < -0.39 is 27.1 Å². The van der Waals surface area contributed by atoms with Crippen molar-refractivity contribution in [3.8, 4) is 17.0 Å². The van der Waals surface area contributed by atoms with Crippen molar-refractivity contribution in [1.29, 1.82) is 0 Å². The van der Waals surface area contributed by atoms with E-state index >= 15 is 0 Å². The van der Waals surface area contributed by atoms with E-state index in [1.807, 2.05) is 50.4 Å². The molecule has 0 aliphatic rings. The summed E-state index contributed by atoms with van der Waals surface area (Å²) < 4.78 is 52.3. The highest BCUT2D eigenvalue weighted by Gasteiger charge is 2.18. The lowest BCUT2D eigenvalue weighted by Gasteiger charge is -2.17. The van der Waals surface area contributed by atoms with Crippen LogP contribution in [0.5, 0.6) is 5.75 Å². The van der Waals surface area contributed by atoms with Crippen LogP contribution in [0, 0.1) is 0 Å². The first-order chi connectivity index (χ1) is 19.8. The first kappa shape index (κ1) is 32.4. The molecule has 0 radical (unpaired) electrons. The third kappa shape index (κ3) is 8.92. The zero-order valence-electron chi connectivity index (χ0n) is 23.4. The van der Waals surface area contributed by atoms with Crippen LogP contribution in [-0.2, 0) is 33.0 Å². The molecule has 0 bridgehead atoms. The Labute approximate surface area is 246 Å². The van der Waals surface area contributed by atoms with Gasteiger partial charge in [-0.05, 0) is 38.4 Å². The average Bonchev–Trinajstić information content (AvgIpc) is 3.27. The van der Waals surface area contributed by atoms with Crippen LogP contribution in [0.4, 0.5) is 17.3 Å². The van der Waals surface area contributed by atoms with Crippen molar-refractivity contribution in [3.05, 3.63) is 67.5 Å². The summed E-state index contributed by atoms with van der Waals surface area (Å²) in [5.74, 6) is 0.794. The summed E-state index contributed by atoms with van der Waals surface area (Å²) in [5.41, 5.74) is 3.77. The lowest BCUT2D eigenvalue weighted by molar-refractivity contribution is -0.111. The Morgan fingerprint density at radius 3 is 2.52 bits per heavy atom. The topological polar surface area (TPSA) is 176 Å². The molecule has 0 aliphatic heterocycles. The van der Waals surface area contributed by atoms with Crippen molar-refractivity contribution in [2.75, 3.05) is 44.1 Å². The Balaban J connectivity index is 0.000000892. The molecule has 42 heavy (non-hydrogen) atoms. The molecule has 0 spiro atoms. The number of para-hydroxylation sites is 1. The Hall–Kier alpha value is -4.15. The van der Waals surface area contributed by atoms with Crippen LogP contribution in [-0.4, -0.2) is 80.6 Å². The molecule has 4 rings (SSSR count). The molecule has 0 saturated carbocycles. The van der Waals surface area contributed by atoms with Gasteiger partial charge < -0.3 is 24.8 Å². The number of carbonyl (C=O) groups excluding carboxylic acids is 1. The number of nitrogens with one attached hydrogen (secondary N) is 2. The van der Waals surface area contributed by atoms with Gasteiger partial charge in [0.05, 0.1) is 39.9 Å². The van der Waals surface area contributed by atoms with Crippen LogP contribution < -0.4 is 15.4 Å². The number of aromatic nitrogens is 3. The van der Waals surface area contributed by atoms with Crippen LogP contribution in [0.2, 0.25) is 0 Å². The smallest absolute Gasteiger partial charge is 0.394 e. The fraction of sp³-hybridized carbons (Fsp3) is 0.222. The molecule has 4 N–H and O–H groups in total. The van der Waals surface area contributed by atoms with Crippen LogP contribution in [0.3, 0.4) is 0 Å². The van der Waals surface area contributed by atoms with Crippen LogP contribution in [0.15, 0.2) is 72.4 Å². The van der Waals surface area contributed by atoms with Crippen molar-refractivity contribution >= 4 is 55.3 Å². The number of fused-ring (bicyclic) bond motifs is 1. The molecule has 2 heterocycles. The van der Waals surface area contributed by atoms with Gasteiger partial charge in [0.1, 0.15) is 5.75 Å². The van der Waals surface area contributed by atoms with Gasteiger partial charge in [0.25, 0.3) is 0 Å². The van der Waals surface area contributed by atoms with Gasteiger partial charge in [-0.1, -0.05) is 24.8 Å². The lowest BCUT2D eigenvalue weighted by Crippen LogP contribution is -2.20. The molecule has 15 heteroatoms. The SMILES string of the molecule is C=CC(=O)Nc1cc(Nc2nccc(-c3cn(C)c4ccccc34)n2)c(OC)cc1S(=O)CCN(C)C.O=S(=O)(O)O. The number of ether oxygens (including phenoxy) is 1. The number of hydrogen-bond donors (Lipinski definition) is 4. The molecule has 2 aromatic carbocycles. The summed E-state index contributed by atoms with van der Waals surface area (Å²) in [5, 5.41) is 7.05. The van der Waals surface area contributed by atoms with Gasteiger partial charge in [-0.3, -0.25) is 18.1 Å². The first-order valence-corrected chi connectivity index (χ1v) is 15.0. The maximum Gasteiger partial charge on any atom is 0.394 e. The van der Waals surface area contributed by atoms with Crippen molar-refractivity contribution in [1.82, 2.24) is 19.4 Å². The van der Waals surface area contributed by atoms with Crippen LogP contribution in [0.25, 0.3) is 22.2 Å². The fourth-order valence-electron chi connectivity index (χ4n) is 3.91. The highest BCUT2D eigenvalue weighted by Crippen LogP contribution is 2.36. The Kier molecular flexibility index (Phi) is 10.9. The molecule has 1 amide bonds. The Morgan fingerprint density at radius 2 is 1.88 bits per heavy atom. The number of amides is 1. The Morgan fingerprint density at radius 1 is 1.19 bits per heavy atom. The first-order valence-electron chi connectivity index (χ1n) is 12.3. The number of benzene rings is 2. The van der Waals surface area contributed by atoms with E-state index in [1.165, 1.54) is 13.2 Å². The summed E-state index contributed by atoms with van der Waals surface area (Å²) in [4.78, 5) is 23.7. The maximum absolute atomic E-state index is 13.1. The van der Waals surface area contributed by atoms with Crippen molar-refractivity contribution < 1.29 is 31.3 Å². The van der Waals surface area contributed by atoms with E-state index in [4.69, 9.17) is 27.2 Å². The predicted molar refractivity (Wildman–Crippen MR) is 163 cm³/mol. The number of rotatable bonds is 10. The highest BCUT2D eigenvalue weighted by molar-refractivity contribution is 7.85. The van der Waals surface area contributed by atoms with Crippen molar-refractivity contribution in [3.63, 3.8) is 0 Å². The normalized spacial score (nSPS) is 11.9. The monoisotopic (exact) mass is 616 g/mol. The Bertz CT molecular complexity index is 1710. The quantitative estimate of drug-likeness (QED) is 0.151. The van der Waals surface area contributed by atoms with Gasteiger partial charge in [0.15, 0.2) is 0 Å². The van der Waals surface area contributed by atoms with Gasteiger partial charge in [-0.2, -0.15) is 8.42 Å². The minimum absolute atomic E-state index is 0.353. The minimum Gasteiger partial charge on any atom is -0.495 e. The molecule has 224 valence electrons. The minimum atomic E-state index is -4.67. The van der Waals surface area contributed by atoms with E-state index in [2.05, 4.69) is 38.9 Å². The van der Waals surface area contributed by atoms with Crippen molar-refractivity contribution in [2.45, 2.75) is 4.90 Å². The highest BCUT2D eigenvalue weighted by atomic mass is 32.3. The molecule has 1 unspecified atom stereocenters. The molecular formula is C27H32N6O7S2. The summed E-state index contributed by atoms with van der Waals surface area (Å²) in [6.45, 7) is 4.14. The number of carbonyl (C=O) groups is 1. The summed E-state index contributed by atoms with van der Waals surface area (Å²) in [7, 11) is 1.32. The zero-order chi connectivity index (χ0) is 31.0. The zero-order valence-corrected chi connectivity index (χ0v) is 25.1. The molecule has 2 aromatic heterocycles. The molecule has 4 aromatic rings. The molecule has 13 nitrogen and oxygen atoms in total. The van der Waals surface area contributed by atoms with Gasteiger partial charge in [0.2, 0.25) is 11.9 Å². The molecule has 0 fully saturated rings. The van der Waals surface area contributed by atoms with E-state index in [9.17, 15) is 9.00 Å². The third-order valence-electron chi connectivity index (χ3n) is 5.79. The summed E-state index contributed by atoms with van der Waals surface area (Å²) in [6.07, 6.45) is 4.89. The van der Waals surface area contributed by atoms with Gasteiger partial charge in [-0.25, -0.2) is 9.97 Å². The fourth-order valence-corrected chi connectivity index (χ4v) is 5.25. The van der Waals surface area contributed by atoms with Gasteiger partial charge in [0, 0.05) is 54.3 Å². The number of nitrogens with zero attached hydrogens (tertiary/aromatic N) is 4. The standard InChI is InChI=1S/C27H30N6O3S.H2O4S/c1-6-26(34)29-22-15-21(24(36-5)16-25(22)37(35)14-13-32(2)3)31-27-28-12-11-20(30-27)19-17-33(4)23-10-8-7-9-18(19)23;1-5(2,3)4/h6-12,15-17H,1,13-14H2,2-5H3,(H,29,34)(H,28,30,31);(H2,1,2,3,4). The summed E-state index contributed by atoms with van der Waals surface area (Å²) in [6, 6.07) is 13.3. The molecule has 0 saturated heterocycles. The second kappa shape index (κ2) is 14.2. The van der Waals surface area contributed by atoms with E-state index in [-0.39, 0.29) is 0 Å². The van der Waals surface area contributed by atoms with E-state index in [1.54, 1.807) is 18.3 Å². The number of methoxy groups -OCH3 is 1. The van der Waals surface area contributed by atoms with Gasteiger partial charge in [-0.15, -0.1) is 0 Å². The number of aryl methyl sites for hydroxylation is 1. The molecule has 1 atom stereocenters. The van der Waals surface area contributed by atoms with Crippen LogP contribution >= 0.6 is 0 Å². The van der Waals surface area contributed by atoms with Crippen molar-refractivity contribution in [2.24, 2.45) is 7.05 Å². The maximum atomic E-state index is 13.1. The van der Waals surface area contributed by atoms with Gasteiger partial charge >= 0.3 is 10.4 Å². The number of anilines is 3. The molecule has 0 aliphatic carbocycles. The second-order valence-corrected chi connectivity index (χ2v) is 11.5.